The lowest BCUT2D eigenvalue weighted by molar-refractivity contribution is 0.515. The van der Waals surface area contributed by atoms with E-state index in [4.69, 9.17) is 16.6 Å². The Bertz CT molecular complexity index is 664. The average molecular weight is 217 g/mol. The number of hydrogen-bond donors (Lipinski definition) is 1. The minimum Gasteiger partial charge on any atom is -0.395 e. The summed E-state index contributed by atoms with van der Waals surface area (Å²) in [5.41, 5.74) is 1.04. The van der Waals surface area contributed by atoms with Gasteiger partial charge in [-0.1, -0.05) is 18.2 Å². The van der Waals surface area contributed by atoms with Crippen molar-refractivity contribution in [2.24, 2.45) is 0 Å². The molecule has 5 heteroatoms. The Balaban J connectivity index is 2.32. The van der Waals surface area contributed by atoms with Crippen molar-refractivity contribution >= 4 is 23.1 Å². The van der Waals surface area contributed by atoms with Crippen molar-refractivity contribution in [2.75, 3.05) is 0 Å². The van der Waals surface area contributed by atoms with Crippen LogP contribution in [0.2, 0.25) is 0 Å². The monoisotopic (exact) mass is 217 g/mol. The van der Waals surface area contributed by atoms with Gasteiger partial charge in [-0.15, -0.1) is 5.10 Å². The van der Waals surface area contributed by atoms with Crippen LogP contribution in [0.4, 0.5) is 0 Å². The third-order valence-electron chi connectivity index (χ3n) is 2.23. The smallest absolute Gasteiger partial charge is 0.325 e. The van der Waals surface area contributed by atoms with Gasteiger partial charge in [0.2, 0.25) is 0 Å². The van der Waals surface area contributed by atoms with E-state index >= 15 is 0 Å². The van der Waals surface area contributed by atoms with Crippen LogP contribution in [0.5, 0.6) is 0 Å². The van der Waals surface area contributed by atoms with Crippen molar-refractivity contribution in [3.8, 4) is 6.01 Å². The molecule has 0 saturated carbocycles. The van der Waals surface area contributed by atoms with E-state index < -0.39 is 0 Å². The fourth-order valence-electron chi connectivity index (χ4n) is 1.57. The molecule has 1 N–H and O–H groups in total. The molecular weight excluding hydrogens is 210 g/mol. The van der Waals surface area contributed by atoms with Crippen molar-refractivity contribution in [1.82, 2.24) is 14.8 Å². The molecule has 0 atom stereocenters. The summed E-state index contributed by atoms with van der Waals surface area (Å²) in [6.45, 7) is 0. The number of aromatic amines is 1. The number of aromatic nitrogens is 3. The standard InChI is InChI=1S/C10H7N3OS/c15-10-12-11-9(14-10)13-6-5-7-3-1-2-4-8(7)13/h1-6H,(H,12,15). The van der Waals surface area contributed by atoms with E-state index in [9.17, 15) is 0 Å². The van der Waals surface area contributed by atoms with E-state index in [0.717, 1.165) is 10.9 Å². The van der Waals surface area contributed by atoms with Crippen molar-refractivity contribution in [2.45, 2.75) is 0 Å². The van der Waals surface area contributed by atoms with Crippen LogP contribution in [-0.2, 0) is 0 Å². The Kier molecular flexibility index (Phi) is 1.72. The summed E-state index contributed by atoms with van der Waals surface area (Å²) in [6, 6.07) is 10.5. The highest BCUT2D eigenvalue weighted by Gasteiger charge is 2.06. The predicted molar refractivity (Wildman–Crippen MR) is 58.5 cm³/mol. The minimum atomic E-state index is 0.280. The maximum absolute atomic E-state index is 5.25. The summed E-state index contributed by atoms with van der Waals surface area (Å²) >= 11 is 4.83. The number of H-pyrrole nitrogens is 1. The average Bonchev–Trinajstić information content (AvgIpc) is 2.83. The highest BCUT2D eigenvalue weighted by Crippen LogP contribution is 2.18. The maximum Gasteiger partial charge on any atom is 0.325 e. The van der Waals surface area contributed by atoms with Crippen LogP contribution in [0.1, 0.15) is 0 Å². The topological polar surface area (TPSA) is 46.8 Å². The second-order valence-electron chi connectivity index (χ2n) is 3.14. The first kappa shape index (κ1) is 8.43. The Morgan fingerprint density at radius 1 is 1.27 bits per heavy atom. The quantitative estimate of drug-likeness (QED) is 0.637. The molecule has 0 aliphatic carbocycles. The third kappa shape index (κ3) is 1.28. The molecule has 0 saturated heterocycles. The Morgan fingerprint density at radius 2 is 2.13 bits per heavy atom. The van der Waals surface area contributed by atoms with E-state index in [-0.39, 0.29) is 4.84 Å². The molecule has 74 valence electrons. The second kappa shape index (κ2) is 3.06. The van der Waals surface area contributed by atoms with Crippen LogP contribution in [0.3, 0.4) is 0 Å². The lowest BCUT2D eigenvalue weighted by Gasteiger charge is -1.96. The molecule has 3 rings (SSSR count). The molecule has 2 aromatic heterocycles. The van der Waals surface area contributed by atoms with E-state index in [2.05, 4.69) is 10.2 Å². The highest BCUT2D eigenvalue weighted by molar-refractivity contribution is 7.71. The first-order chi connectivity index (χ1) is 7.34. The van der Waals surface area contributed by atoms with Gasteiger partial charge in [0.25, 0.3) is 4.84 Å². The molecule has 2 heterocycles. The molecular formula is C10H7N3OS. The van der Waals surface area contributed by atoms with Crippen molar-refractivity contribution in [3.63, 3.8) is 0 Å². The number of fused-ring (bicyclic) bond motifs is 1. The summed E-state index contributed by atoms with van der Waals surface area (Å²) < 4.78 is 7.10. The highest BCUT2D eigenvalue weighted by atomic mass is 32.1. The molecule has 15 heavy (non-hydrogen) atoms. The van der Waals surface area contributed by atoms with Gasteiger partial charge in [0.1, 0.15) is 0 Å². The molecule has 0 spiro atoms. The van der Waals surface area contributed by atoms with Crippen LogP contribution in [0.25, 0.3) is 16.9 Å². The molecule has 1 aromatic carbocycles. The minimum absolute atomic E-state index is 0.280. The number of para-hydroxylation sites is 1. The normalized spacial score (nSPS) is 10.9. The van der Waals surface area contributed by atoms with Gasteiger partial charge >= 0.3 is 6.01 Å². The summed E-state index contributed by atoms with van der Waals surface area (Å²) in [5, 5.41) is 7.71. The van der Waals surface area contributed by atoms with Gasteiger partial charge in [-0.25, -0.2) is 5.10 Å². The number of rotatable bonds is 1. The first-order valence-corrected chi connectivity index (χ1v) is 4.87. The van der Waals surface area contributed by atoms with Gasteiger partial charge in [-0.3, -0.25) is 4.57 Å². The summed E-state index contributed by atoms with van der Waals surface area (Å²) in [5.74, 6) is 0. The van der Waals surface area contributed by atoms with Crippen LogP contribution in [0.15, 0.2) is 40.9 Å². The van der Waals surface area contributed by atoms with Gasteiger partial charge in [0.05, 0.1) is 5.52 Å². The van der Waals surface area contributed by atoms with E-state index in [0.29, 0.717) is 6.01 Å². The molecule has 0 radical (unpaired) electrons. The Labute approximate surface area is 90.2 Å². The maximum atomic E-state index is 5.25. The lowest BCUT2D eigenvalue weighted by Crippen LogP contribution is -1.91. The number of nitrogens with one attached hydrogen (secondary N) is 1. The number of benzene rings is 1. The number of hydrogen-bond acceptors (Lipinski definition) is 3. The van der Waals surface area contributed by atoms with Gasteiger partial charge in [-0.05, 0) is 24.4 Å². The van der Waals surface area contributed by atoms with Crippen molar-refractivity contribution < 1.29 is 4.42 Å². The zero-order valence-corrected chi connectivity index (χ0v) is 8.49. The van der Waals surface area contributed by atoms with Crippen LogP contribution < -0.4 is 0 Å². The Hall–Kier alpha value is -1.88. The lowest BCUT2D eigenvalue weighted by atomic mass is 10.2. The van der Waals surface area contributed by atoms with Crippen molar-refractivity contribution in [1.29, 1.82) is 0 Å². The fraction of sp³-hybridized carbons (Fsp3) is 0. The summed E-state index contributed by atoms with van der Waals surface area (Å²) in [4.78, 5) is 0.280. The van der Waals surface area contributed by atoms with Gasteiger partial charge in [-0.2, -0.15) is 0 Å². The van der Waals surface area contributed by atoms with Gasteiger partial charge < -0.3 is 4.42 Å². The molecule has 0 aliphatic heterocycles. The summed E-state index contributed by atoms with van der Waals surface area (Å²) in [6.07, 6.45) is 1.90. The summed E-state index contributed by atoms with van der Waals surface area (Å²) in [7, 11) is 0. The van der Waals surface area contributed by atoms with Crippen molar-refractivity contribution in [3.05, 3.63) is 41.4 Å². The van der Waals surface area contributed by atoms with Crippen LogP contribution >= 0.6 is 12.2 Å². The van der Waals surface area contributed by atoms with Gasteiger partial charge in [0.15, 0.2) is 0 Å². The predicted octanol–water partition coefficient (Wildman–Crippen LogP) is 2.68. The Morgan fingerprint density at radius 3 is 2.93 bits per heavy atom. The molecule has 0 aliphatic rings. The third-order valence-corrected chi connectivity index (χ3v) is 2.41. The zero-order valence-electron chi connectivity index (χ0n) is 7.68. The largest absolute Gasteiger partial charge is 0.395 e. The zero-order chi connectivity index (χ0) is 10.3. The van der Waals surface area contributed by atoms with E-state index in [1.807, 2.05) is 41.1 Å². The molecule has 3 aromatic rings. The molecule has 0 amide bonds. The van der Waals surface area contributed by atoms with Crippen LogP contribution in [-0.4, -0.2) is 14.8 Å². The van der Waals surface area contributed by atoms with E-state index in [1.54, 1.807) is 0 Å². The van der Waals surface area contributed by atoms with Crippen LogP contribution in [0, 0.1) is 4.84 Å². The molecule has 4 nitrogen and oxygen atoms in total. The molecule has 0 bridgehead atoms. The molecule has 0 fully saturated rings. The first-order valence-electron chi connectivity index (χ1n) is 4.46. The second-order valence-corrected chi connectivity index (χ2v) is 3.51. The fourth-order valence-corrected chi connectivity index (χ4v) is 1.70. The SMILES string of the molecule is S=c1[nH]nc(-n2ccc3ccccc32)o1. The van der Waals surface area contributed by atoms with E-state index in [1.165, 1.54) is 0 Å². The molecule has 0 unspecified atom stereocenters. The van der Waals surface area contributed by atoms with Gasteiger partial charge in [0, 0.05) is 11.6 Å². The number of nitrogens with zero attached hydrogens (tertiary/aromatic N) is 2.